The van der Waals surface area contributed by atoms with Crippen LogP contribution < -0.4 is 10.6 Å². The highest BCUT2D eigenvalue weighted by Crippen LogP contribution is 2.19. The van der Waals surface area contributed by atoms with Crippen molar-refractivity contribution >= 4 is 6.03 Å². The fourth-order valence-electron chi connectivity index (χ4n) is 1.42. The number of ether oxygens (including phenoxy) is 1. The van der Waals surface area contributed by atoms with E-state index >= 15 is 0 Å². The van der Waals surface area contributed by atoms with Crippen molar-refractivity contribution in [2.75, 3.05) is 13.7 Å². The summed E-state index contributed by atoms with van der Waals surface area (Å²) in [6.07, 6.45) is -6.60. The zero-order chi connectivity index (χ0) is 12.3. The first-order valence-electron chi connectivity index (χ1n) is 4.80. The molecule has 1 aliphatic rings. The number of hydrogen-bond donors (Lipinski definition) is 6. The summed E-state index contributed by atoms with van der Waals surface area (Å²) in [6.45, 7) is -0.531. The zero-order valence-corrected chi connectivity index (χ0v) is 8.70. The van der Waals surface area contributed by atoms with Crippen molar-refractivity contribution in [3.05, 3.63) is 0 Å². The molecule has 0 aromatic heterocycles. The highest BCUT2D eigenvalue weighted by Gasteiger charge is 2.43. The van der Waals surface area contributed by atoms with E-state index in [0.29, 0.717) is 0 Å². The Morgan fingerprint density at radius 2 is 1.88 bits per heavy atom. The first-order chi connectivity index (χ1) is 7.51. The van der Waals surface area contributed by atoms with Gasteiger partial charge in [0.25, 0.3) is 0 Å². The highest BCUT2D eigenvalue weighted by atomic mass is 16.6. The van der Waals surface area contributed by atoms with E-state index < -0.39 is 43.3 Å². The van der Waals surface area contributed by atoms with Gasteiger partial charge in [-0.2, -0.15) is 0 Å². The number of aliphatic hydroxyl groups excluding tert-OH is 4. The SMILES string of the molecule is CNC(=O)N[C@@H]1O[C@H](CO)[C@@H](O)[C@H](O)[C@H]1O. The van der Waals surface area contributed by atoms with Crippen LogP contribution in [0.2, 0.25) is 0 Å². The molecule has 0 unspecified atom stereocenters. The third-order valence-electron chi connectivity index (χ3n) is 2.39. The normalized spacial score (nSPS) is 39.2. The quantitative estimate of drug-likeness (QED) is 0.298. The van der Waals surface area contributed by atoms with Gasteiger partial charge in [-0.05, 0) is 0 Å². The number of hydrogen-bond acceptors (Lipinski definition) is 6. The third-order valence-corrected chi connectivity index (χ3v) is 2.39. The van der Waals surface area contributed by atoms with Gasteiger partial charge in [0.2, 0.25) is 0 Å². The summed E-state index contributed by atoms with van der Waals surface area (Å²) in [6, 6.07) is -0.607. The Morgan fingerprint density at radius 3 is 2.38 bits per heavy atom. The molecule has 94 valence electrons. The highest BCUT2D eigenvalue weighted by molar-refractivity contribution is 5.73. The van der Waals surface area contributed by atoms with E-state index in [9.17, 15) is 20.1 Å². The summed E-state index contributed by atoms with van der Waals surface area (Å²) in [7, 11) is 1.37. The van der Waals surface area contributed by atoms with Crippen LogP contribution >= 0.6 is 0 Å². The minimum atomic E-state index is -1.49. The molecular weight excluding hydrogens is 220 g/mol. The Bertz CT molecular complexity index is 249. The number of carbonyl (C=O) groups is 1. The number of carbonyl (C=O) groups excluding carboxylic acids is 1. The molecule has 0 aromatic rings. The van der Waals surface area contributed by atoms with Crippen LogP contribution in [0.25, 0.3) is 0 Å². The fraction of sp³-hybridized carbons (Fsp3) is 0.875. The second kappa shape index (κ2) is 5.41. The van der Waals surface area contributed by atoms with Crippen LogP contribution in [0.3, 0.4) is 0 Å². The van der Waals surface area contributed by atoms with E-state index in [1.165, 1.54) is 7.05 Å². The minimum Gasteiger partial charge on any atom is -0.394 e. The molecule has 0 saturated carbocycles. The second-order valence-corrected chi connectivity index (χ2v) is 3.47. The molecule has 0 radical (unpaired) electrons. The third kappa shape index (κ3) is 2.60. The summed E-state index contributed by atoms with van der Waals surface area (Å²) in [4.78, 5) is 11.0. The number of urea groups is 1. The van der Waals surface area contributed by atoms with Crippen LogP contribution in [0.5, 0.6) is 0 Å². The van der Waals surface area contributed by atoms with Gasteiger partial charge in [-0.25, -0.2) is 4.79 Å². The zero-order valence-electron chi connectivity index (χ0n) is 8.70. The van der Waals surface area contributed by atoms with E-state index in [1.807, 2.05) is 0 Å². The predicted molar refractivity (Wildman–Crippen MR) is 51.4 cm³/mol. The van der Waals surface area contributed by atoms with Gasteiger partial charge in [0.1, 0.15) is 24.4 Å². The lowest BCUT2D eigenvalue weighted by atomic mass is 9.98. The average Bonchev–Trinajstić information content (AvgIpc) is 2.29. The largest absolute Gasteiger partial charge is 0.394 e. The van der Waals surface area contributed by atoms with Crippen LogP contribution in [0.1, 0.15) is 0 Å². The molecule has 1 fully saturated rings. The van der Waals surface area contributed by atoms with E-state index in [2.05, 4.69) is 10.6 Å². The van der Waals surface area contributed by atoms with Gasteiger partial charge in [-0.3, -0.25) is 0 Å². The molecule has 5 atom stereocenters. The number of aliphatic hydroxyl groups is 4. The monoisotopic (exact) mass is 236 g/mol. The number of nitrogens with one attached hydrogen (secondary N) is 2. The van der Waals surface area contributed by atoms with Gasteiger partial charge < -0.3 is 35.8 Å². The lowest BCUT2D eigenvalue weighted by Gasteiger charge is -2.39. The maximum absolute atomic E-state index is 11.0. The van der Waals surface area contributed by atoms with Gasteiger partial charge in [0.05, 0.1) is 6.61 Å². The number of amides is 2. The van der Waals surface area contributed by atoms with Crippen molar-refractivity contribution in [2.45, 2.75) is 30.6 Å². The first-order valence-corrected chi connectivity index (χ1v) is 4.80. The standard InChI is InChI=1S/C8H16N2O6/c1-9-8(15)10-7-6(14)5(13)4(12)3(2-11)16-7/h3-7,11-14H,2H2,1H3,(H2,9,10,15)/t3-,4-,5+,6-,7-/m1/s1. The predicted octanol–water partition coefficient (Wildman–Crippen LogP) is -3.28. The Balaban J connectivity index is 2.67. The summed E-state index contributed by atoms with van der Waals surface area (Å²) in [5.41, 5.74) is 0. The molecule has 1 saturated heterocycles. The van der Waals surface area contributed by atoms with E-state index in [4.69, 9.17) is 9.84 Å². The van der Waals surface area contributed by atoms with Crippen LogP contribution in [0.15, 0.2) is 0 Å². The Kier molecular flexibility index (Phi) is 4.44. The van der Waals surface area contributed by atoms with Crippen LogP contribution in [0, 0.1) is 0 Å². The van der Waals surface area contributed by atoms with E-state index in [-0.39, 0.29) is 0 Å². The molecule has 0 bridgehead atoms. The van der Waals surface area contributed by atoms with Crippen molar-refractivity contribution in [1.29, 1.82) is 0 Å². The maximum atomic E-state index is 11.0. The second-order valence-electron chi connectivity index (χ2n) is 3.47. The smallest absolute Gasteiger partial charge is 0.316 e. The fourth-order valence-corrected chi connectivity index (χ4v) is 1.42. The summed E-state index contributed by atoms with van der Waals surface area (Å²) >= 11 is 0. The lowest BCUT2D eigenvalue weighted by Crippen LogP contribution is -2.63. The summed E-state index contributed by atoms with van der Waals surface area (Å²) in [5, 5.41) is 41.7. The molecule has 1 aliphatic heterocycles. The van der Waals surface area contributed by atoms with Crippen LogP contribution in [0.4, 0.5) is 4.79 Å². The van der Waals surface area contributed by atoms with Gasteiger partial charge in [-0.1, -0.05) is 0 Å². The van der Waals surface area contributed by atoms with Crippen LogP contribution in [-0.4, -0.2) is 70.8 Å². The molecule has 1 rings (SSSR count). The van der Waals surface area contributed by atoms with Gasteiger partial charge in [-0.15, -0.1) is 0 Å². The molecule has 1 heterocycles. The average molecular weight is 236 g/mol. The molecule has 2 amide bonds. The van der Waals surface area contributed by atoms with Crippen molar-refractivity contribution in [3.8, 4) is 0 Å². The molecular formula is C8H16N2O6. The summed E-state index contributed by atoms with van der Waals surface area (Å²) < 4.78 is 5.02. The van der Waals surface area contributed by atoms with Gasteiger partial charge in [0, 0.05) is 7.05 Å². The first kappa shape index (κ1) is 13.1. The minimum absolute atomic E-state index is 0.531. The lowest BCUT2D eigenvalue weighted by molar-refractivity contribution is -0.233. The molecule has 0 aromatic carbocycles. The van der Waals surface area contributed by atoms with E-state index in [0.717, 1.165) is 0 Å². The van der Waals surface area contributed by atoms with E-state index in [1.54, 1.807) is 0 Å². The van der Waals surface area contributed by atoms with Crippen molar-refractivity contribution in [2.24, 2.45) is 0 Å². The molecule has 8 heteroatoms. The van der Waals surface area contributed by atoms with Gasteiger partial charge in [0.15, 0.2) is 6.23 Å². The Labute approximate surface area is 91.8 Å². The number of rotatable bonds is 2. The summed E-state index contributed by atoms with van der Waals surface area (Å²) in [5.74, 6) is 0. The topological polar surface area (TPSA) is 131 Å². The van der Waals surface area contributed by atoms with Gasteiger partial charge >= 0.3 is 6.03 Å². The molecule has 6 N–H and O–H groups in total. The molecule has 0 spiro atoms. The molecule has 8 nitrogen and oxygen atoms in total. The Hall–Kier alpha value is -0.930. The van der Waals surface area contributed by atoms with Crippen LogP contribution in [-0.2, 0) is 4.74 Å². The van der Waals surface area contributed by atoms with Crippen molar-refractivity contribution in [1.82, 2.24) is 10.6 Å². The Morgan fingerprint density at radius 1 is 1.25 bits per heavy atom. The van der Waals surface area contributed by atoms with Crippen molar-refractivity contribution in [3.63, 3.8) is 0 Å². The molecule has 0 aliphatic carbocycles. The van der Waals surface area contributed by atoms with Crippen molar-refractivity contribution < 1.29 is 30.0 Å². The maximum Gasteiger partial charge on any atom is 0.316 e. The molecule has 16 heavy (non-hydrogen) atoms.